The van der Waals surface area contributed by atoms with Crippen LogP contribution < -0.4 is 0 Å². The van der Waals surface area contributed by atoms with Crippen LogP contribution in [0.25, 0.3) is 0 Å². The van der Waals surface area contributed by atoms with E-state index in [-0.39, 0.29) is 6.10 Å². The van der Waals surface area contributed by atoms with Crippen LogP contribution in [-0.2, 0) is 0 Å². The van der Waals surface area contributed by atoms with Gasteiger partial charge in [-0.05, 0) is 13.0 Å². The molecule has 0 amide bonds. The van der Waals surface area contributed by atoms with Gasteiger partial charge in [-0.3, -0.25) is 4.90 Å². The van der Waals surface area contributed by atoms with Crippen LogP contribution in [0.4, 0.5) is 0 Å². The van der Waals surface area contributed by atoms with Crippen LogP contribution in [0.5, 0.6) is 0 Å². The largest absolute Gasteiger partial charge is 0.390 e. The zero-order valence-corrected chi connectivity index (χ0v) is 6.14. The van der Waals surface area contributed by atoms with Gasteiger partial charge in [0.1, 0.15) is 0 Å². The molecule has 0 spiro atoms. The standard InChI is InChI=1S/C6H12ClNO/c7-2-1-3-8-4-6(9)5-8/h6,9H,1-5H2. The van der Waals surface area contributed by atoms with Crippen LogP contribution in [0.3, 0.4) is 0 Å². The highest BCUT2D eigenvalue weighted by Gasteiger charge is 2.22. The van der Waals surface area contributed by atoms with E-state index >= 15 is 0 Å². The van der Waals surface area contributed by atoms with Gasteiger partial charge in [-0.2, -0.15) is 0 Å². The lowest BCUT2D eigenvalue weighted by atomic mass is 10.2. The lowest BCUT2D eigenvalue weighted by molar-refractivity contribution is 0.00265. The van der Waals surface area contributed by atoms with Gasteiger partial charge in [0.15, 0.2) is 0 Å². The van der Waals surface area contributed by atoms with Crippen molar-refractivity contribution < 1.29 is 5.11 Å². The Hall–Kier alpha value is 0.210. The fourth-order valence-corrected chi connectivity index (χ4v) is 1.13. The van der Waals surface area contributed by atoms with E-state index in [1.807, 2.05) is 0 Å². The van der Waals surface area contributed by atoms with Crippen LogP contribution in [0.15, 0.2) is 0 Å². The minimum Gasteiger partial charge on any atom is -0.390 e. The van der Waals surface area contributed by atoms with Gasteiger partial charge in [-0.15, -0.1) is 11.6 Å². The number of nitrogens with zero attached hydrogens (tertiary/aromatic N) is 1. The normalized spacial score (nSPS) is 22.0. The molecule has 1 N–H and O–H groups in total. The Kier molecular flexibility index (Phi) is 2.76. The Bertz CT molecular complexity index is 83.1. The summed E-state index contributed by atoms with van der Waals surface area (Å²) in [5.74, 6) is 0.729. The molecule has 0 aliphatic carbocycles. The molecule has 0 saturated carbocycles. The monoisotopic (exact) mass is 149 g/mol. The van der Waals surface area contributed by atoms with E-state index in [4.69, 9.17) is 16.7 Å². The molecular formula is C6H12ClNO. The Morgan fingerprint density at radius 3 is 2.67 bits per heavy atom. The maximum atomic E-state index is 8.84. The van der Waals surface area contributed by atoms with Crippen LogP contribution in [0, 0.1) is 0 Å². The van der Waals surface area contributed by atoms with Crippen molar-refractivity contribution in [3.8, 4) is 0 Å². The highest BCUT2D eigenvalue weighted by atomic mass is 35.5. The first-order chi connectivity index (χ1) is 4.33. The number of alkyl halides is 1. The van der Waals surface area contributed by atoms with Gasteiger partial charge < -0.3 is 5.11 Å². The summed E-state index contributed by atoms with van der Waals surface area (Å²) in [6.07, 6.45) is 0.967. The number of β-amino-alcohol motifs (C(OH)–C–C–N with tert-alkyl or cyclic N) is 1. The molecule has 1 aliphatic rings. The van der Waals surface area contributed by atoms with E-state index in [1.54, 1.807) is 0 Å². The van der Waals surface area contributed by atoms with E-state index < -0.39 is 0 Å². The second-order valence-corrected chi connectivity index (χ2v) is 2.83. The zero-order valence-electron chi connectivity index (χ0n) is 5.39. The third-order valence-electron chi connectivity index (χ3n) is 1.55. The second-order valence-electron chi connectivity index (χ2n) is 2.46. The van der Waals surface area contributed by atoms with Crippen LogP contribution >= 0.6 is 11.6 Å². The SMILES string of the molecule is OC1CN(CCCCl)C1. The van der Waals surface area contributed by atoms with Gasteiger partial charge >= 0.3 is 0 Å². The van der Waals surface area contributed by atoms with E-state index in [9.17, 15) is 0 Å². The third-order valence-corrected chi connectivity index (χ3v) is 1.81. The van der Waals surface area contributed by atoms with Crippen molar-refractivity contribution >= 4 is 11.6 Å². The van der Waals surface area contributed by atoms with Gasteiger partial charge in [0, 0.05) is 19.0 Å². The Labute approximate surface area is 60.4 Å². The molecule has 1 aliphatic heterocycles. The lowest BCUT2D eigenvalue weighted by Gasteiger charge is -2.35. The summed E-state index contributed by atoms with van der Waals surface area (Å²) in [5, 5.41) is 8.84. The van der Waals surface area contributed by atoms with Gasteiger partial charge in [0.2, 0.25) is 0 Å². The van der Waals surface area contributed by atoms with Crippen molar-refractivity contribution in [1.82, 2.24) is 4.90 Å². The van der Waals surface area contributed by atoms with Gasteiger partial charge in [-0.1, -0.05) is 0 Å². The third kappa shape index (κ3) is 2.12. The van der Waals surface area contributed by atoms with Gasteiger partial charge in [-0.25, -0.2) is 0 Å². The van der Waals surface area contributed by atoms with Crippen molar-refractivity contribution in [1.29, 1.82) is 0 Å². The topological polar surface area (TPSA) is 23.5 Å². The first kappa shape index (κ1) is 7.32. The molecule has 1 rings (SSSR count). The van der Waals surface area contributed by atoms with Crippen LogP contribution in [0.1, 0.15) is 6.42 Å². The second kappa shape index (κ2) is 3.40. The van der Waals surface area contributed by atoms with Crippen molar-refractivity contribution in [2.24, 2.45) is 0 Å². The van der Waals surface area contributed by atoms with Crippen LogP contribution in [0.2, 0.25) is 0 Å². The number of halogens is 1. The molecule has 9 heavy (non-hydrogen) atoms. The van der Waals surface area contributed by atoms with Crippen LogP contribution in [-0.4, -0.2) is 41.6 Å². The maximum Gasteiger partial charge on any atom is 0.0793 e. The first-order valence-corrected chi connectivity index (χ1v) is 3.83. The fourth-order valence-electron chi connectivity index (χ4n) is 1.01. The average Bonchev–Trinajstić information content (AvgIpc) is 1.78. The van der Waals surface area contributed by atoms with E-state index in [1.165, 1.54) is 0 Å². The molecule has 0 aromatic carbocycles. The number of likely N-dealkylation sites (tertiary alicyclic amines) is 1. The summed E-state index contributed by atoms with van der Waals surface area (Å²) in [6, 6.07) is 0. The minimum atomic E-state index is -0.0691. The van der Waals surface area contributed by atoms with E-state index in [0.717, 1.165) is 31.9 Å². The fraction of sp³-hybridized carbons (Fsp3) is 1.00. The molecule has 0 radical (unpaired) electrons. The molecule has 2 nitrogen and oxygen atoms in total. The number of hydrogen-bond donors (Lipinski definition) is 1. The molecule has 0 unspecified atom stereocenters. The molecule has 0 bridgehead atoms. The maximum absolute atomic E-state index is 8.84. The lowest BCUT2D eigenvalue weighted by Crippen LogP contribution is -2.50. The Morgan fingerprint density at radius 2 is 2.22 bits per heavy atom. The predicted molar refractivity (Wildman–Crippen MR) is 37.8 cm³/mol. The number of aliphatic hydroxyl groups is 1. The Morgan fingerprint density at radius 1 is 1.56 bits per heavy atom. The van der Waals surface area contributed by atoms with Gasteiger partial charge in [0.25, 0.3) is 0 Å². The molecule has 3 heteroatoms. The molecule has 0 atom stereocenters. The highest BCUT2D eigenvalue weighted by molar-refractivity contribution is 6.17. The summed E-state index contributed by atoms with van der Waals surface area (Å²) >= 11 is 5.47. The quantitative estimate of drug-likeness (QED) is 0.584. The smallest absolute Gasteiger partial charge is 0.0793 e. The first-order valence-electron chi connectivity index (χ1n) is 3.29. The summed E-state index contributed by atoms with van der Waals surface area (Å²) in [4.78, 5) is 2.20. The molecule has 54 valence electrons. The number of rotatable bonds is 3. The van der Waals surface area contributed by atoms with E-state index in [2.05, 4.69) is 4.90 Å². The Balaban J connectivity index is 1.91. The number of aliphatic hydroxyl groups excluding tert-OH is 1. The molecular weight excluding hydrogens is 138 g/mol. The highest BCUT2D eigenvalue weighted by Crippen LogP contribution is 2.06. The average molecular weight is 150 g/mol. The molecule has 0 aromatic heterocycles. The predicted octanol–water partition coefficient (Wildman–Crippen LogP) is 0.292. The van der Waals surface area contributed by atoms with Crippen molar-refractivity contribution in [2.45, 2.75) is 12.5 Å². The van der Waals surface area contributed by atoms with Crippen molar-refractivity contribution in [3.63, 3.8) is 0 Å². The zero-order chi connectivity index (χ0) is 6.69. The summed E-state index contributed by atoms with van der Waals surface area (Å²) in [5.41, 5.74) is 0. The summed E-state index contributed by atoms with van der Waals surface area (Å²) < 4.78 is 0. The summed E-state index contributed by atoms with van der Waals surface area (Å²) in [7, 11) is 0. The minimum absolute atomic E-state index is 0.0691. The van der Waals surface area contributed by atoms with Crippen molar-refractivity contribution in [2.75, 3.05) is 25.5 Å². The molecule has 1 saturated heterocycles. The molecule has 1 fully saturated rings. The summed E-state index contributed by atoms with van der Waals surface area (Å²) in [6.45, 7) is 2.73. The van der Waals surface area contributed by atoms with Gasteiger partial charge in [0.05, 0.1) is 6.10 Å². The molecule has 0 aromatic rings. The van der Waals surface area contributed by atoms with Crippen molar-refractivity contribution in [3.05, 3.63) is 0 Å². The molecule has 1 heterocycles. The number of hydrogen-bond acceptors (Lipinski definition) is 2. The van der Waals surface area contributed by atoms with E-state index in [0.29, 0.717) is 0 Å².